The lowest BCUT2D eigenvalue weighted by Crippen LogP contribution is -2.37. The lowest BCUT2D eigenvalue weighted by Gasteiger charge is -2.29. The predicted molar refractivity (Wildman–Crippen MR) is 84.6 cm³/mol. The van der Waals surface area contributed by atoms with Crippen LogP contribution in [0.25, 0.3) is 0 Å². The van der Waals surface area contributed by atoms with Crippen molar-refractivity contribution in [2.45, 2.75) is 44.2 Å². The molecule has 2 N–H and O–H groups in total. The van der Waals surface area contributed by atoms with Gasteiger partial charge in [0.15, 0.2) is 0 Å². The van der Waals surface area contributed by atoms with Crippen LogP contribution in [-0.2, 0) is 0 Å². The molecule has 0 radical (unpaired) electrons. The predicted octanol–water partition coefficient (Wildman–Crippen LogP) is 3.11. The van der Waals surface area contributed by atoms with Crippen LogP contribution in [0, 0.1) is 0 Å². The number of halogens is 1. The van der Waals surface area contributed by atoms with Crippen molar-refractivity contribution in [2.75, 3.05) is 19.7 Å². The molecule has 4 heteroatoms. The van der Waals surface area contributed by atoms with Crippen LogP contribution < -0.4 is 0 Å². The second-order valence-corrected chi connectivity index (χ2v) is 6.47. The van der Waals surface area contributed by atoms with Gasteiger partial charge in [-0.2, -0.15) is 0 Å². The zero-order valence-electron chi connectivity index (χ0n) is 11.8. The fraction of sp³-hybridized carbons (Fsp3) is 0.625. The first-order valence-electron chi connectivity index (χ1n) is 7.49. The van der Waals surface area contributed by atoms with E-state index in [1.807, 2.05) is 24.3 Å². The molecule has 1 aliphatic rings. The second kappa shape index (κ2) is 8.13. The summed E-state index contributed by atoms with van der Waals surface area (Å²) in [6.45, 7) is 1.76. The highest BCUT2D eigenvalue weighted by molar-refractivity contribution is 9.10. The van der Waals surface area contributed by atoms with Gasteiger partial charge >= 0.3 is 0 Å². The topological polar surface area (TPSA) is 43.7 Å². The Bertz CT molecular complexity index is 407. The zero-order valence-corrected chi connectivity index (χ0v) is 13.4. The van der Waals surface area contributed by atoms with Crippen LogP contribution >= 0.6 is 15.9 Å². The molecule has 3 nitrogen and oxygen atoms in total. The molecule has 2 rings (SSSR count). The molecule has 0 saturated heterocycles. The van der Waals surface area contributed by atoms with Crippen molar-refractivity contribution in [2.24, 2.45) is 0 Å². The Kier molecular flexibility index (Phi) is 6.49. The van der Waals surface area contributed by atoms with Crippen molar-refractivity contribution in [1.29, 1.82) is 0 Å². The molecule has 0 spiro atoms. The van der Waals surface area contributed by atoms with Gasteiger partial charge in [0.25, 0.3) is 0 Å². The van der Waals surface area contributed by atoms with E-state index in [0.29, 0.717) is 12.5 Å². The largest absolute Gasteiger partial charge is 0.395 e. The first-order valence-corrected chi connectivity index (χ1v) is 8.28. The van der Waals surface area contributed by atoms with Crippen molar-refractivity contribution in [3.05, 3.63) is 34.3 Å². The van der Waals surface area contributed by atoms with Gasteiger partial charge in [0, 0.05) is 23.6 Å². The minimum absolute atomic E-state index is 0.198. The van der Waals surface area contributed by atoms with E-state index >= 15 is 0 Å². The Morgan fingerprint density at radius 2 is 2.00 bits per heavy atom. The van der Waals surface area contributed by atoms with Crippen molar-refractivity contribution in [1.82, 2.24) is 4.90 Å². The maximum absolute atomic E-state index is 10.3. The first-order chi connectivity index (χ1) is 9.70. The number of nitrogens with zero attached hydrogens (tertiary/aromatic N) is 1. The molecule has 1 unspecified atom stereocenters. The second-order valence-electron chi connectivity index (χ2n) is 5.56. The lowest BCUT2D eigenvalue weighted by molar-refractivity contribution is 0.108. The van der Waals surface area contributed by atoms with Gasteiger partial charge in [-0.1, -0.05) is 40.9 Å². The average molecular weight is 342 g/mol. The van der Waals surface area contributed by atoms with Crippen molar-refractivity contribution in [3.8, 4) is 0 Å². The molecular weight excluding hydrogens is 318 g/mol. The van der Waals surface area contributed by atoms with Crippen LogP contribution in [0.5, 0.6) is 0 Å². The maximum atomic E-state index is 10.3. The molecule has 0 bridgehead atoms. The molecule has 112 valence electrons. The van der Waals surface area contributed by atoms with Gasteiger partial charge in [0.2, 0.25) is 0 Å². The average Bonchev–Trinajstić information content (AvgIpc) is 2.97. The van der Waals surface area contributed by atoms with Crippen LogP contribution in [0.15, 0.2) is 28.7 Å². The van der Waals surface area contributed by atoms with Gasteiger partial charge in [-0.3, -0.25) is 4.90 Å². The number of aliphatic hydroxyl groups excluding tert-OH is 2. The number of aliphatic hydroxyl groups is 2. The fourth-order valence-corrected chi connectivity index (χ4v) is 3.46. The van der Waals surface area contributed by atoms with Gasteiger partial charge in [-0.15, -0.1) is 0 Å². The maximum Gasteiger partial charge on any atom is 0.0802 e. The molecule has 1 aliphatic carbocycles. The van der Waals surface area contributed by atoms with E-state index in [0.717, 1.165) is 23.1 Å². The van der Waals surface area contributed by atoms with Crippen molar-refractivity contribution in [3.63, 3.8) is 0 Å². The molecule has 20 heavy (non-hydrogen) atoms. The molecule has 1 atom stereocenters. The molecule has 0 heterocycles. The zero-order chi connectivity index (χ0) is 14.4. The quantitative estimate of drug-likeness (QED) is 0.800. The van der Waals surface area contributed by atoms with Crippen molar-refractivity contribution < 1.29 is 10.2 Å². The third kappa shape index (κ3) is 4.55. The van der Waals surface area contributed by atoms with E-state index in [2.05, 4.69) is 20.8 Å². The summed E-state index contributed by atoms with van der Waals surface area (Å²) in [7, 11) is 0. The molecule has 1 saturated carbocycles. The fourth-order valence-electron chi connectivity index (χ4n) is 3.04. The summed E-state index contributed by atoms with van der Waals surface area (Å²) >= 11 is 3.43. The summed E-state index contributed by atoms with van der Waals surface area (Å²) in [5.41, 5.74) is 0.953. The highest BCUT2D eigenvalue weighted by Crippen LogP contribution is 2.25. The highest BCUT2D eigenvalue weighted by Gasteiger charge is 2.22. The molecule has 1 fully saturated rings. The lowest BCUT2D eigenvalue weighted by atomic mass is 10.1. The van der Waals surface area contributed by atoms with Gasteiger partial charge in [0.1, 0.15) is 0 Å². The van der Waals surface area contributed by atoms with Crippen molar-refractivity contribution >= 4 is 15.9 Å². The summed E-state index contributed by atoms with van der Waals surface area (Å²) < 4.78 is 0.997. The molecular formula is C16H24BrNO2. The Labute approximate surface area is 129 Å². The van der Waals surface area contributed by atoms with E-state index in [4.69, 9.17) is 0 Å². The molecule has 0 amide bonds. The van der Waals surface area contributed by atoms with Crippen LogP contribution in [0.1, 0.15) is 43.8 Å². The first kappa shape index (κ1) is 16.0. The van der Waals surface area contributed by atoms with E-state index < -0.39 is 6.10 Å². The van der Waals surface area contributed by atoms with Gasteiger partial charge in [0.05, 0.1) is 12.7 Å². The third-order valence-corrected chi connectivity index (χ3v) is 4.64. The number of hydrogen-bond donors (Lipinski definition) is 2. The molecule has 0 aliphatic heterocycles. The van der Waals surface area contributed by atoms with Crippen LogP contribution in [0.2, 0.25) is 0 Å². The summed E-state index contributed by atoms with van der Waals surface area (Å²) in [4.78, 5) is 2.34. The van der Waals surface area contributed by atoms with Gasteiger partial charge in [-0.05, 0) is 37.0 Å². The van der Waals surface area contributed by atoms with Crippen LogP contribution in [0.4, 0.5) is 0 Å². The molecule has 0 aromatic heterocycles. The minimum Gasteiger partial charge on any atom is -0.395 e. The van der Waals surface area contributed by atoms with E-state index in [9.17, 15) is 10.2 Å². The Hall–Kier alpha value is -0.420. The summed E-state index contributed by atoms with van der Waals surface area (Å²) in [5, 5.41) is 19.5. The van der Waals surface area contributed by atoms with E-state index in [-0.39, 0.29) is 6.61 Å². The SMILES string of the molecule is OCCN(CCC(O)c1cccc(Br)c1)C1CCCC1. The van der Waals surface area contributed by atoms with Gasteiger partial charge < -0.3 is 10.2 Å². The van der Waals surface area contributed by atoms with Gasteiger partial charge in [-0.25, -0.2) is 0 Å². The highest BCUT2D eigenvalue weighted by atomic mass is 79.9. The standard InChI is InChI=1S/C16H24BrNO2/c17-14-5-3-4-13(12-14)16(20)8-9-18(10-11-19)15-6-1-2-7-15/h3-5,12,15-16,19-20H,1-2,6-11H2. The van der Waals surface area contributed by atoms with E-state index in [1.165, 1.54) is 25.7 Å². The monoisotopic (exact) mass is 341 g/mol. The molecule has 1 aromatic carbocycles. The number of rotatable bonds is 7. The van der Waals surface area contributed by atoms with Crippen LogP contribution in [-0.4, -0.2) is 40.9 Å². The third-order valence-electron chi connectivity index (χ3n) is 4.15. The van der Waals surface area contributed by atoms with E-state index in [1.54, 1.807) is 0 Å². The Morgan fingerprint density at radius 3 is 2.65 bits per heavy atom. The summed E-state index contributed by atoms with van der Waals surface area (Å²) in [6.07, 6.45) is 5.32. The Balaban J connectivity index is 1.87. The number of hydrogen-bond acceptors (Lipinski definition) is 3. The normalized spacial score (nSPS) is 17.8. The smallest absolute Gasteiger partial charge is 0.0802 e. The Morgan fingerprint density at radius 1 is 1.25 bits per heavy atom. The molecule has 1 aromatic rings. The summed E-state index contributed by atoms with van der Waals surface area (Å²) in [5.74, 6) is 0. The van der Waals surface area contributed by atoms with Crippen LogP contribution in [0.3, 0.4) is 0 Å². The summed E-state index contributed by atoms with van der Waals surface area (Å²) in [6, 6.07) is 8.44. The minimum atomic E-state index is -0.435. The number of benzene rings is 1.